The van der Waals surface area contributed by atoms with Crippen LogP contribution in [0.1, 0.15) is 75.2 Å². The molecule has 43 heavy (non-hydrogen) atoms. The molecule has 0 fully saturated rings. The number of anilines is 2. The van der Waals surface area contributed by atoms with Gasteiger partial charge in [-0.3, -0.25) is 9.63 Å². The van der Waals surface area contributed by atoms with Gasteiger partial charge in [-0.1, -0.05) is 20.8 Å². The Morgan fingerprint density at radius 2 is 1.58 bits per heavy atom. The van der Waals surface area contributed by atoms with Gasteiger partial charge in [0, 0.05) is 31.5 Å². The zero-order chi connectivity index (χ0) is 32.4. The van der Waals surface area contributed by atoms with E-state index in [2.05, 4.69) is 10.3 Å². The molecule has 0 radical (unpaired) electrons. The van der Waals surface area contributed by atoms with Crippen LogP contribution in [0.2, 0.25) is 0 Å². The average molecular weight is 603 g/mol. The first-order chi connectivity index (χ1) is 19.9. The van der Waals surface area contributed by atoms with Crippen LogP contribution in [0, 0.1) is 5.41 Å². The average Bonchev–Trinajstić information content (AvgIpc) is 2.86. The van der Waals surface area contributed by atoms with Crippen LogP contribution in [0.15, 0.2) is 42.9 Å². The van der Waals surface area contributed by atoms with E-state index >= 15 is 0 Å². The van der Waals surface area contributed by atoms with Crippen LogP contribution in [-0.2, 0) is 25.7 Å². The van der Waals surface area contributed by atoms with Gasteiger partial charge in [0.2, 0.25) is 0 Å². The summed E-state index contributed by atoms with van der Waals surface area (Å²) in [6.45, 7) is 17.7. The normalized spacial score (nSPS) is 12.7. The molecule has 0 aliphatic rings. The summed E-state index contributed by atoms with van der Waals surface area (Å²) in [5.74, 6) is 5.89. The molecule has 0 aliphatic heterocycles. The summed E-state index contributed by atoms with van der Waals surface area (Å²) in [6, 6.07) is 6.82. The first-order valence-corrected chi connectivity index (χ1v) is 14.3. The highest BCUT2D eigenvalue weighted by molar-refractivity contribution is 5.95. The standard InChI is InChI=1S/C31H47N5O7/c1-29(2,3)19-24(37)25(43-32)21-40-23-11-12-26(34-20-23)36(28(39)42-31(7,8)9)22-13-17-35(18-14-22)16-10-15-33-27(38)41-30(4,5)6/h11-14,17-18,20,25H,10,15-16,19,21,32H2,1-9H3/p+1. The van der Waals surface area contributed by atoms with Crippen molar-refractivity contribution in [2.24, 2.45) is 11.3 Å². The van der Waals surface area contributed by atoms with Crippen LogP contribution < -0.4 is 25.4 Å². The number of hydrogen-bond acceptors (Lipinski definition) is 9. The van der Waals surface area contributed by atoms with E-state index in [1.165, 1.54) is 11.1 Å². The second-order valence-electron chi connectivity index (χ2n) is 13.4. The van der Waals surface area contributed by atoms with Gasteiger partial charge >= 0.3 is 12.2 Å². The SMILES string of the molecule is CC(C)(C)CC(=O)C(COc1ccc(N(C(=O)OC(C)(C)C)c2cc[n+](CCCNC(=O)OC(C)(C)C)cc2)nc1)ON. The molecule has 2 amide bonds. The number of nitrogens with zero attached hydrogens (tertiary/aromatic N) is 3. The van der Waals surface area contributed by atoms with Gasteiger partial charge in [0.05, 0.1) is 11.9 Å². The molecule has 2 rings (SSSR count). The number of Topliss-reactive ketones (excluding diaryl/α,β-unsaturated/α-hetero) is 1. The largest absolute Gasteiger partial charge is 0.489 e. The zero-order valence-electron chi connectivity index (χ0n) is 26.9. The molecule has 0 saturated carbocycles. The summed E-state index contributed by atoms with van der Waals surface area (Å²) in [4.78, 5) is 48.2. The number of ketones is 1. The van der Waals surface area contributed by atoms with E-state index in [0.717, 1.165) is 0 Å². The summed E-state index contributed by atoms with van der Waals surface area (Å²) < 4.78 is 18.6. The van der Waals surface area contributed by atoms with Gasteiger partial charge < -0.3 is 19.5 Å². The molecule has 1 atom stereocenters. The van der Waals surface area contributed by atoms with Crippen LogP contribution in [0.4, 0.5) is 21.1 Å². The Kier molecular flexibility index (Phi) is 12.4. The Bertz CT molecular complexity index is 1200. The first kappa shape index (κ1) is 35.4. The second kappa shape index (κ2) is 15.1. The summed E-state index contributed by atoms with van der Waals surface area (Å²) in [5.41, 5.74) is -0.947. The maximum atomic E-state index is 13.3. The first-order valence-electron chi connectivity index (χ1n) is 14.3. The Morgan fingerprint density at radius 3 is 2.09 bits per heavy atom. The number of alkyl carbamates (subject to hydrolysis) is 1. The molecule has 2 heterocycles. The summed E-state index contributed by atoms with van der Waals surface area (Å²) in [6.07, 6.45) is 4.12. The third-order valence-corrected chi connectivity index (χ3v) is 5.55. The minimum atomic E-state index is -0.915. The van der Waals surface area contributed by atoms with Crippen molar-refractivity contribution in [1.82, 2.24) is 10.3 Å². The van der Waals surface area contributed by atoms with Crippen molar-refractivity contribution in [1.29, 1.82) is 0 Å². The van der Waals surface area contributed by atoms with E-state index in [1.807, 2.05) is 58.5 Å². The van der Waals surface area contributed by atoms with Gasteiger partial charge in [-0.05, 0) is 59.1 Å². The highest BCUT2D eigenvalue weighted by atomic mass is 16.6. The zero-order valence-corrected chi connectivity index (χ0v) is 26.9. The fraction of sp³-hybridized carbons (Fsp3) is 0.581. The Hall–Kier alpha value is -3.77. The highest BCUT2D eigenvalue weighted by Crippen LogP contribution is 2.27. The molecule has 12 heteroatoms. The van der Waals surface area contributed by atoms with Crippen LogP contribution in [0.25, 0.3) is 0 Å². The minimum Gasteiger partial charge on any atom is -0.489 e. The maximum absolute atomic E-state index is 13.3. The van der Waals surface area contributed by atoms with E-state index in [1.54, 1.807) is 45.0 Å². The number of nitrogens with one attached hydrogen (secondary N) is 1. The molecule has 2 aromatic heterocycles. The summed E-state index contributed by atoms with van der Waals surface area (Å²) >= 11 is 0. The van der Waals surface area contributed by atoms with E-state index in [-0.39, 0.29) is 17.8 Å². The van der Waals surface area contributed by atoms with Crippen LogP contribution >= 0.6 is 0 Å². The number of carbonyl (C=O) groups excluding carboxylic acids is 3. The van der Waals surface area contributed by atoms with Crippen molar-refractivity contribution in [2.45, 2.75) is 99.0 Å². The van der Waals surface area contributed by atoms with Gasteiger partial charge in [0.15, 0.2) is 24.3 Å². The number of pyridine rings is 2. The molecule has 3 N–H and O–H groups in total. The van der Waals surface area contributed by atoms with Crippen molar-refractivity contribution in [3.8, 4) is 5.75 Å². The number of amides is 2. The lowest BCUT2D eigenvalue weighted by atomic mass is 9.88. The molecule has 0 spiro atoms. The number of hydrogen-bond donors (Lipinski definition) is 2. The smallest absolute Gasteiger partial charge is 0.420 e. The van der Waals surface area contributed by atoms with Gasteiger partial charge in [-0.15, -0.1) is 0 Å². The fourth-order valence-corrected chi connectivity index (χ4v) is 3.76. The third kappa shape index (κ3) is 13.4. The van der Waals surface area contributed by atoms with Gasteiger partial charge in [-0.2, -0.15) is 0 Å². The van der Waals surface area contributed by atoms with Crippen LogP contribution in [-0.4, -0.2) is 53.4 Å². The molecular formula is C31H48N5O7+. The minimum absolute atomic E-state index is 0.0752. The third-order valence-electron chi connectivity index (χ3n) is 5.55. The van der Waals surface area contributed by atoms with Crippen molar-refractivity contribution < 1.29 is 38.0 Å². The number of nitrogens with two attached hydrogens (primary N) is 1. The summed E-state index contributed by atoms with van der Waals surface area (Å²) in [5, 5.41) is 2.74. The Balaban J connectivity index is 2.11. The molecule has 2 aromatic rings. The lowest BCUT2D eigenvalue weighted by Crippen LogP contribution is -2.38. The highest BCUT2D eigenvalue weighted by Gasteiger charge is 2.28. The number of ether oxygens (including phenoxy) is 3. The van der Waals surface area contributed by atoms with Gasteiger partial charge in [-0.25, -0.2) is 29.9 Å². The van der Waals surface area contributed by atoms with Crippen molar-refractivity contribution in [2.75, 3.05) is 18.1 Å². The number of carbonyl (C=O) groups is 3. The van der Waals surface area contributed by atoms with Crippen molar-refractivity contribution in [3.63, 3.8) is 0 Å². The van der Waals surface area contributed by atoms with Crippen LogP contribution in [0.3, 0.4) is 0 Å². The molecule has 238 valence electrons. The van der Waals surface area contributed by atoms with Crippen LogP contribution in [0.5, 0.6) is 5.75 Å². The predicted octanol–water partition coefficient (Wildman–Crippen LogP) is 5.00. The monoisotopic (exact) mass is 602 g/mol. The Labute approximate surface area is 254 Å². The number of aryl methyl sites for hydroxylation is 1. The lowest BCUT2D eigenvalue weighted by molar-refractivity contribution is -0.697. The second-order valence-corrected chi connectivity index (χ2v) is 13.4. The van der Waals surface area contributed by atoms with Crippen molar-refractivity contribution >= 4 is 29.5 Å². The summed E-state index contributed by atoms with van der Waals surface area (Å²) in [7, 11) is 0. The molecule has 0 aromatic carbocycles. The molecule has 0 bridgehead atoms. The molecule has 1 unspecified atom stereocenters. The van der Waals surface area contributed by atoms with E-state index in [4.69, 9.17) is 24.9 Å². The molecule has 0 aliphatic carbocycles. The van der Waals surface area contributed by atoms with E-state index in [9.17, 15) is 14.4 Å². The number of rotatable bonds is 12. The molecule has 12 nitrogen and oxygen atoms in total. The Morgan fingerprint density at radius 1 is 0.953 bits per heavy atom. The van der Waals surface area contributed by atoms with Gasteiger partial charge in [0.25, 0.3) is 0 Å². The molecule has 0 saturated heterocycles. The lowest BCUT2D eigenvalue weighted by Gasteiger charge is -2.26. The predicted molar refractivity (Wildman–Crippen MR) is 162 cm³/mol. The van der Waals surface area contributed by atoms with E-state index in [0.29, 0.717) is 43.2 Å². The van der Waals surface area contributed by atoms with Gasteiger partial charge in [0.1, 0.15) is 35.9 Å². The fourth-order valence-electron chi connectivity index (χ4n) is 3.76. The number of aromatic nitrogens is 2. The molecular weight excluding hydrogens is 554 g/mol. The quantitative estimate of drug-likeness (QED) is 0.195. The van der Waals surface area contributed by atoms with Crippen molar-refractivity contribution in [3.05, 3.63) is 42.9 Å². The topological polar surface area (TPSA) is 146 Å². The maximum Gasteiger partial charge on any atom is 0.420 e. The van der Waals surface area contributed by atoms with E-state index < -0.39 is 29.5 Å².